The summed E-state index contributed by atoms with van der Waals surface area (Å²) < 4.78 is 2.12. The van der Waals surface area contributed by atoms with Crippen LogP contribution in [0.15, 0.2) is 42.7 Å². The van der Waals surface area contributed by atoms with Crippen molar-refractivity contribution in [2.24, 2.45) is 7.05 Å². The predicted molar refractivity (Wildman–Crippen MR) is 57.3 cm³/mol. The topological polar surface area (TPSA) is 17.8 Å². The maximum atomic E-state index is 4.41. The van der Waals surface area contributed by atoms with Crippen molar-refractivity contribution in [3.63, 3.8) is 0 Å². The number of fused-ring (bicyclic) bond motifs is 3. The highest BCUT2D eigenvalue weighted by atomic mass is 14.9. The lowest BCUT2D eigenvalue weighted by Crippen LogP contribution is -1.94. The molecule has 0 N–H and O–H groups in total. The van der Waals surface area contributed by atoms with Crippen molar-refractivity contribution in [3.8, 4) is 11.3 Å². The van der Waals surface area contributed by atoms with Crippen LogP contribution >= 0.6 is 0 Å². The van der Waals surface area contributed by atoms with Crippen LogP contribution in [-0.4, -0.2) is 9.55 Å². The van der Waals surface area contributed by atoms with Gasteiger partial charge in [0.05, 0.1) is 11.2 Å². The van der Waals surface area contributed by atoms with Crippen LogP contribution in [0.25, 0.3) is 22.2 Å². The number of hydrogen-bond acceptors (Lipinski definition) is 1. The minimum Gasteiger partial charge on any atom is -0.349 e. The van der Waals surface area contributed by atoms with E-state index in [1.165, 1.54) is 16.6 Å². The van der Waals surface area contributed by atoms with Crippen molar-refractivity contribution in [2.45, 2.75) is 0 Å². The number of hydrogen-bond donors (Lipinski definition) is 0. The molecule has 2 heterocycles. The molecule has 0 unspecified atom stereocenters. The quantitative estimate of drug-likeness (QED) is 0.522. The zero-order valence-electron chi connectivity index (χ0n) is 7.94. The largest absolute Gasteiger partial charge is 0.349 e. The average molecular weight is 182 g/mol. The Bertz CT molecular complexity index is 566. The molecule has 1 aliphatic heterocycles. The second-order valence-corrected chi connectivity index (χ2v) is 3.51. The Morgan fingerprint density at radius 2 is 2.14 bits per heavy atom. The Balaban J connectivity index is 2.57. The fourth-order valence-electron chi connectivity index (χ4n) is 1.95. The molecule has 0 spiro atoms. The summed E-state index contributed by atoms with van der Waals surface area (Å²) in [5, 5.41) is 1.21. The van der Waals surface area contributed by atoms with Gasteiger partial charge in [-0.05, 0) is 18.2 Å². The lowest BCUT2D eigenvalue weighted by atomic mass is 10.2. The van der Waals surface area contributed by atoms with Crippen LogP contribution in [0.4, 0.5) is 0 Å². The van der Waals surface area contributed by atoms with Crippen molar-refractivity contribution >= 4 is 10.9 Å². The van der Waals surface area contributed by atoms with Gasteiger partial charge in [-0.15, -0.1) is 0 Å². The van der Waals surface area contributed by atoms with Gasteiger partial charge in [0.2, 0.25) is 0 Å². The Morgan fingerprint density at radius 3 is 3.07 bits per heavy atom. The van der Waals surface area contributed by atoms with Gasteiger partial charge in [-0.25, -0.2) is 0 Å². The van der Waals surface area contributed by atoms with Crippen LogP contribution in [0, 0.1) is 0 Å². The van der Waals surface area contributed by atoms with E-state index in [1.807, 2.05) is 12.3 Å². The van der Waals surface area contributed by atoms with Gasteiger partial charge in [0.25, 0.3) is 0 Å². The maximum absolute atomic E-state index is 4.41. The van der Waals surface area contributed by atoms with Gasteiger partial charge >= 0.3 is 0 Å². The second kappa shape index (κ2) is 2.58. The van der Waals surface area contributed by atoms with E-state index in [1.54, 1.807) is 0 Å². The van der Waals surface area contributed by atoms with Crippen LogP contribution in [0.1, 0.15) is 0 Å². The van der Waals surface area contributed by atoms with Crippen LogP contribution in [0.5, 0.6) is 0 Å². The summed E-state index contributed by atoms with van der Waals surface area (Å²) in [6.07, 6.45) is 3.89. The van der Waals surface area contributed by atoms with Gasteiger partial charge < -0.3 is 4.57 Å². The normalized spacial score (nSPS) is 11.2. The zero-order valence-corrected chi connectivity index (χ0v) is 7.94. The fraction of sp³-hybridized carbons (Fsp3) is 0.0833. The highest BCUT2D eigenvalue weighted by molar-refractivity contribution is 5.97. The molecule has 3 rings (SSSR count). The highest BCUT2D eigenvalue weighted by Gasteiger charge is 2.11. The van der Waals surface area contributed by atoms with Gasteiger partial charge in [-0.3, -0.25) is 4.98 Å². The van der Waals surface area contributed by atoms with Crippen LogP contribution in [0.2, 0.25) is 0 Å². The summed E-state index contributed by atoms with van der Waals surface area (Å²) in [4.78, 5) is 4.41. The van der Waals surface area contributed by atoms with E-state index in [2.05, 4.69) is 47.1 Å². The third-order valence-corrected chi connectivity index (χ3v) is 2.59. The molecule has 0 saturated heterocycles. The molecule has 0 saturated carbocycles. The smallest absolute Gasteiger partial charge is 0.0944 e. The number of aromatic nitrogens is 2. The summed E-state index contributed by atoms with van der Waals surface area (Å²) in [5.41, 5.74) is 3.55. The molecule has 14 heavy (non-hydrogen) atoms. The summed E-state index contributed by atoms with van der Waals surface area (Å²) in [7, 11) is 2.05. The summed E-state index contributed by atoms with van der Waals surface area (Å²) in [6, 6.07) is 10.4. The van der Waals surface area contributed by atoms with Crippen LogP contribution < -0.4 is 0 Å². The molecule has 0 amide bonds. The van der Waals surface area contributed by atoms with Gasteiger partial charge in [-0.1, -0.05) is 12.1 Å². The number of aryl methyl sites for hydroxylation is 1. The number of nitrogens with zero attached hydrogens (tertiary/aromatic N) is 2. The maximum Gasteiger partial charge on any atom is 0.0944 e. The van der Waals surface area contributed by atoms with Gasteiger partial charge in [0.1, 0.15) is 0 Å². The first-order chi connectivity index (χ1) is 6.86. The summed E-state index contributed by atoms with van der Waals surface area (Å²) in [6.45, 7) is 0. The Morgan fingerprint density at radius 1 is 1.21 bits per heavy atom. The van der Waals surface area contributed by atoms with E-state index in [9.17, 15) is 0 Å². The Labute approximate surface area is 82.2 Å². The molecule has 0 aromatic carbocycles. The minimum absolute atomic E-state index is 1.09. The van der Waals surface area contributed by atoms with Gasteiger partial charge in [-0.2, -0.15) is 0 Å². The van der Waals surface area contributed by atoms with E-state index in [4.69, 9.17) is 0 Å². The molecule has 1 aromatic rings. The molecule has 2 nitrogen and oxygen atoms in total. The lowest BCUT2D eigenvalue weighted by Gasteiger charge is -2.05. The SMILES string of the molecule is Cn1cccc2cc3cccnc3c1-2. The van der Waals surface area contributed by atoms with E-state index in [-0.39, 0.29) is 0 Å². The first kappa shape index (κ1) is 7.56. The van der Waals surface area contributed by atoms with Crippen molar-refractivity contribution in [1.29, 1.82) is 0 Å². The first-order valence-corrected chi connectivity index (χ1v) is 4.65. The van der Waals surface area contributed by atoms with E-state index >= 15 is 0 Å². The average Bonchev–Trinajstić information content (AvgIpc) is 2.57. The Hall–Kier alpha value is -1.83. The van der Waals surface area contributed by atoms with Crippen LogP contribution in [0.3, 0.4) is 0 Å². The molecule has 1 aliphatic carbocycles. The molecule has 0 bridgehead atoms. The minimum atomic E-state index is 1.09. The third-order valence-electron chi connectivity index (χ3n) is 2.59. The van der Waals surface area contributed by atoms with Crippen LogP contribution in [-0.2, 0) is 7.05 Å². The predicted octanol–water partition coefficient (Wildman–Crippen LogP) is 2.68. The molecule has 68 valence electrons. The van der Waals surface area contributed by atoms with Crippen molar-refractivity contribution in [2.75, 3.05) is 0 Å². The van der Waals surface area contributed by atoms with E-state index in [0.717, 1.165) is 5.52 Å². The molecule has 0 fully saturated rings. The first-order valence-electron chi connectivity index (χ1n) is 4.65. The fourth-order valence-corrected chi connectivity index (χ4v) is 1.95. The zero-order chi connectivity index (χ0) is 9.54. The molecule has 2 aliphatic rings. The third kappa shape index (κ3) is 0.880. The molecule has 1 aromatic heterocycles. The molecular weight excluding hydrogens is 172 g/mol. The molecule has 0 atom stereocenters. The van der Waals surface area contributed by atoms with Crippen molar-refractivity contribution in [1.82, 2.24) is 9.55 Å². The van der Waals surface area contributed by atoms with Gasteiger partial charge in [0, 0.05) is 30.4 Å². The summed E-state index contributed by atoms with van der Waals surface area (Å²) in [5.74, 6) is 0. The highest BCUT2D eigenvalue weighted by Crippen LogP contribution is 2.31. The van der Waals surface area contributed by atoms with Crippen molar-refractivity contribution < 1.29 is 0 Å². The van der Waals surface area contributed by atoms with Crippen molar-refractivity contribution in [3.05, 3.63) is 42.7 Å². The molecule has 2 heteroatoms. The monoisotopic (exact) mass is 182 g/mol. The second-order valence-electron chi connectivity index (χ2n) is 3.51. The van der Waals surface area contributed by atoms with E-state index < -0.39 is 0 Å². The Kier molecular flexibility index (Phi) is 1.39. The lowest BCUT2D eigenvalue weighted by molar-refractivity contribution is 0.919. The molecule has 0 radical (unpaired) electrons. The van der Waals surface area contributed by atoms with E-state index in [0.29, 0.717) is 0 Å². The standard InChI is InChI=1S/C12H10N2/c1-14-7-3-5-10-8-9-4-2-6-13-11(9)12(10)14/h2-8H,1H3. The number of pyridine rings is 2. The molecular formula is C12H10N2. The summed E-state index contributed by atoms with van der Waals surface area (Å²) >= 11 is 0. The number of rotatable bonds is 0. The van der Waals surface area contributed by atoms with Gasteiger partial charge in [0.15, 0.2) is 0 Å².